The zero-order valence-corrected chi connectivity index (χ0v) is 19.2. The molecule has 1 saturated carbocycles. The van der Waals surface area contributed by atoms with E-state index in [1.807, 2.05) is 31.2 Å². The Bertz CT molecular complexity index is 798. The van der Waals surface area contributed by atoms with Gasteiger partial charge in [0.1, 0.15) is 12.4 Å². The van der Waals surface area contributed by atoms with Crippen LogP contribution >= 0.6 is 0 Å². The van der Waals surface area contributed by atoms with E-state index in [1.54, 1.807) is 6.92 Å². The van der Waals surface area contributed by atoms with E-state index >= 15 is 0 Å². The highest BCUT2D eigenvalue weighted by atomic mass is 16.6. The lowest BCUT2D eigenvalue weighted by Gasteiger charge is -2.28. The molecule has 5 nitrogen and oxygen atoms in total. The normalized spacial score (nSPS) is 19.7. The van der Waals surface area contributed by atoms with Crippen molar-refractivity contribution in [3.63, 3.8) is 0 Å². The van der Waals surface area contributed by atoms with Gasteiger partial charge in [-0.3, -0.25) is 0 Å². The van der Waals surface area contributed by atoms with Crippen LogP contribution in [0.25, 0.3) is 0 Å². The molecule has 1 aromatic heterocycles. The van der Waals surface area contributed by atoms with Crippen LogP contribution in [-0.2, 0) is 27.2 Å². The van der Waals surface area contributed by atoms with Crippen molar-refractivity contribution in [3.05, 3.63) is 53.9 Å². The number of carbonyl (C=O) groups excluding carboxylic acids is 1. The van der Waals surface area contributed by atoms with Crippen LogP contribution < -0.4 is 4.74 Å². The molecule has 3 atom stereocenters. The Kier molecular flexibility index (Phi) is 9.01. The molecule has 0 radical (unpaired) electrons. The molecular weight excluding hydrogens is 390 g/mol. The number of aromatic nitrogens is 1. The van der Waals surface area contributed by atoms with Gasteiger partial charge in [-0.2, -0.15) is 0 Å². The maximum atomic E-state index is 12.0. The van der Waals surface area contributed by atoms with Crippen molar-refractivity contribution in [1.82, 2.24) is 4.57 Å². The summed E-state index contributed by atoms with van der Waals surface area (Å²) in [6.07, 6.45) is 7.39. The highest BCUT2D eigenvalue weighted by Gasteiger charge is 2.23. The lowest BCUT2D eigenvalue weighted by Crippen LogP contribution is -2.28. The standard InChI is InChI=1S/C26H37NO4/c1-4-29-25(26(28)30-5-2)19-21-11-13-23(14-12-21)31-17-16-27-15-7-10-24(27)22-9-6-8-20(3)18-22/h7,10-15,20,22,25H,4-6,8-9,16-19H2,1-3H3. The van der Waals surface area contributed by atoms with Crippen molar-refractivity contribution >= 4 is 5.97 Å². The monoisotopic (exact) mass is 427 g/mol. The first-order valence-electron chi connectivity index (χ1n) is 11.8. The van der Waals surface area contributed by atoms with Gasteiger partial charge in [0.2, 0.25) is 0 Å². The van der Waals surface area contributed by atoms with E-state index in [1.165, 1.54) is 31.4 Å². The highest BCUT2D eigenvalue weighted by Crippen LogP contribution is 2.36. The summed E-state index contributed by atoms with van der Waals surface area (Å²) in [7, 11) is 0. The molecule has 31 heavy (non-hydrogen) atoms. The minimum atomic E-state index is -0.564. The Labute approximate surface area is 186 Å². The number of esters is 1. The minimum Gasteiger partial charge on any atom is -0.492 e. The Hall–Kier alpha value is -2.27. The predicted octanol–water partition coefficient (Wildman–Crippen LogP) is 5.37. The second-order valence-electron chi connectivity index (χ2n) is 8.49. The number of hydrogen-bond donors (Lipinski definition) is 0. The minimum absolute atomic E-state index is 0.306. The summed E-state index contributed by atoms with van der Waals surface area (Å²) >= 11 is 0. The summed E-state index contributed by atoms with van der Waals surface area (Å²) < 4.78 is 19.0. The third kappa shape index (κ3) is 6.86. The smallest absolute Gasteiger partial charge is 0.335 e. The molecule has 0 saturated heterocycles. The van der Waals surface area contributed by atoms with E-state index in [-0.39, 0.29) is 5.97 Å². The third-order valence-corrected chi connectivity index (χ3v) is 6.08. The van der Waals surface area contributed by atoms with Crippen molar-refractivity contribution in [2.24, 2.45) is 5.92 Å². The van der Waals surface area contributed by atoms with Crippen LogP contribution in [0.1, 0.15) is 63.6 Å². The average Bonchev–Trinajstić information content (AvgIpc) is 3.23. The summed E-state index contributed by atoms with van der Waals surface area (Å²) in [6, 6.07) is 12.3. The van der Waals surface area contributed by atoms with Crippen LogP contribution in [0.3, 0.4) is 0 Å². The van der Waals surface area contributed by atoms with E-state index in [0.717, 1.165) is 23.8 Å². The van der Waals surface area contributed by atoms with Crippen LogP contribution in [0.5, 0.6) is 5.75 Å². The first kappa shape index (κ1) is 23.4. The zero-order valence-electron chi connectivity index (χ0n) is 19.2. The largest absolute Gasteiger partial charge is 0.492 e. The van der Waals surface area contributed by atoms with Gasteiger partial charge in [-0.1, -0.05) is 31.9 Å². The first-order valence-corrected chi connectivity index (χ1v) is 11.8. The summed E-state index contributed by atoms with van der Waals surface area (Å²) in [5.41, 5.74) is 2.48. The number of carbonyl (C=O) groups is 1. The quantitative estimate of drug-likeness (QED) is 0.452. The van der Waals surface area contributed by atoms with Crippen LogP contribution in [-0.4, -0.2) is 36.5 Å². The van der Waals surface area contributed by atoms with Gasteiger partial charge in [0.25, 0.3) is 0 Å². The Morgan fingerprint density at radius 1 is 1.13 bits per heavy atom. The number of nitrogens with zero attached hydrogens (tertiary/aromatic N) is 1. The van der Waals surface area contributed by atoms with Gasteiger partial charge < -0.3 is 18.8 Å². The van der Waals surface area contributed by atoms with Gasteiger partial charge in [-0.15, -0.1) is 0 Å². The summed E-state index contributed by atoms with van der Waals surface area (Å²) in [5, 5.41) is 0. The Morgan fingerprint density at radius 3 is 2.65 bits per heavy atom. The van der Waals surface area contributed by atoms with Crippen molar-refractivity contribution in [1.29, 1.82) is 0 Å². The molecule has 1 fully saturated rings. The molecule has 1 heterocycles. The molecule has 3 rings (SSSR count). The summed E-state index contributed by atoms with van der Waals surface area (Å²) in [6.45, 7) is 8.38. The fourth-order valence-electron chi connectivity index (χ4n) is 4.55. The van der Waals surface area contributed by atoms with Crippen molar-refractivity contribution in [2.75, 3.05) is 19.8 Å². The molecule has 0 N–H and O–H groups in total. The second-order valence-corrected chi connectivity index (χ2v) is 8.49. The maximum Gasteiger partial charge on any atom is 0.335 e. The topological polar surface area (TPSA) is 49.7 Å². The van der Waals surface area contributed by atoms with Crippen LogP contribution in [0.4, 0.5) is 0 Å². The van der Waals surface area contributed by atoms with E-state index in [9.17, 15) is 4.79 Å². The van der Waals surface area contributed by atoms with Crippen LogP contribution in [0.2, 0.25) is 0 Å². The molecule has 0 bridgehead atoms. The average molecular weight is 428 g/mol. The molecular formula is C26H37NO4. The van der Waals surface area contributed by atoms with Crippen molar-refractivity contribution in [3.8, 4) is 5.75 Å². The van der Waals surface area contributed by atoms with E-state index in [4.69, 9.17) is 14.2 Å². The van der Waals surface area contributed by atoms with Gasteiger partial charge in [0.05, 0.1) is 13.2 Å². The molecule has 1 aliphatic rings. The van der Waals surface area contributed by atoms with Crippen LogP contribution in [0.15, 0.2) is 42.6 Å². The van der Waals surface area contributed by atoms with E-state index in [0.29, 0.717) is 32.2 Å². The molecule has 170 valence electrons. The number of ether oxygens (including phenoxy) is 3. The van der Waals surface area contributed by atoms with Crippen molar-refractivity contribution < 1.29 is 19.0 Å². The lowest BCUT2D eigenvalue weighted by molar-refractivity contribution is -0.156. The van der Waals surface area contributed by atoms with Gasteiger partial charge in [-0.05, 0) is 68.4 Å². The van der Waals surface area contributed by atoms with Gasteiger partial charge in [-0.25, -0.2) is 4.79 Å². The molecule has 0 amide bonds. The zero-order chi connectivity index (χ0) is 22.1. The molecule has 1 aromatic carbocycles. The Morgan fingerprint density at radius 2 is 1.94 bits per heavy atom. The van der Waals surface area contributed by atoms with Gasteiger partial charge >= 0.3 is 5.97 Å². The lowest BCUT2D eigenvalue weighted by atomic mass is 9.81. The summed E-state index contributed by atoms with van der Waals surface area (Å²) in [4.78, 5) is 12.0. The summed E-state index contributed by atoms with van der Waals surface area (Å²) in [5.74, 6) is 2.03. The molecule has 0 aliphatic heterocycles. The highest BCUT2D eigenvalue weighted by molar-refractivity contribution is 5.75. The van der Waals surface area contributed by atoms with E-state index in [2.05, 4.69) is 29.8 Å². The first-order chi connectivity index (χ1) is 15.1. The maximum absolute atomic E-state index is 12.0. The second kappa shape index (κ2) is 11.9. The third-order valence-electron chi connectivity index (χ3n) is 6.08. The number of hydrogen-bond acceptors (Lipinski definition) is 4. The fourth-order valence-corrected chi connectivity index (χ4v) is 4.55. The predicted molar refractivity (Wildman–Crippen MR) is 122 cm³/mol. The van der Waals surface area contributed by atoms with E-state index < -0.39 is 6.10 Å². The molecule has 0 spiro atoms. The van der Waals surface area contributed by atoms with Crippen molar-refractivity contribution in [2.45, 2.75) is 71.4 Å². The molecule has 3 unspecified atom stereocenters. The Balaban J connectivity index is 1.50. The SMILES string of the molecule is CCOC(=O)C(Cc1ccc(OCCn2cccc2C2CCCC(C)C2)cc1)OCC. The molecule has 2 aromatic rings. The molecule has 5 heteroatoms. The molecule has 1 aliphatic carbocycles. The fraction of sp³-hybridized carbons (Fsp3) is 0.577. The number of rotatable bonds is 11. The van der Waals surface area contributed by atoms with Gasteiger partial charge in [0, 0.05) is 24.9 Å². The number of benzene rings is 1. The van der Waals surface area contributed by atoms with Crippen LogP contribution in [0, 0.1) is 5.92 Å². The van der Waals surface area contributed by atoms with Gasteiger partial charge in [0.15, 0.2) is 6.10 Å².